The van der Waals surface area contributed by atoms with Gasteiger partial charge in [-0.25, -0.2) is 0 Å². The lowest BCUT2D eigenvalue weighted by atomic mass is 9.73. The Bertz CT molecular complexity index is 854. The second kappa shape index (κ2) is 8.16. The van der Waals surface area contributed by atoms with Gasteiger partial charge in [0.25, 0.3) is 0 Å². The molecule has 7 heteroatoms. The van der Waals surface area contributed by atoms with Gasteiger partial charge in [-0.15, -0.1) is 0 Å². The van der Waals surface area contributed by atoms with Crippen molar-refractivity contribution in [1.29, 1.82) is 0 Å². The zero-order valence-electron chi connectivity index (χ0n) is 17.3. The van der Waals surface area contributed by atoms with Gasteiger partial charge in [-0.05, 0) is 36.1 Å². The van der Waals surface area contributed by atoms with Crippen LogP contribution in [0.25, 0.3) is 0 Å². The van der Waals surface area contributed by atoms with Crippen molar-refractivity contribution in [3.05, 3.63) is 47.8 Å². The summed E-state index contributed by atoms with van der Waals surface area (Å²) in [6.07, 6.45) is 4.60. The summed E-state index contributed by atoms with van der Waals surface area (Å²) in [5.74, 6) is 1.32. The number of aliphatic hydroxyl groups excluding tert-OH is 1. The molecule has 3 heterocycles. The lowest BCUT2D eigenvalue weighted by Crippen LogP contribution is -2.50. The van der Waals surface area contributed by atoms with Crippen LogP contribution < -0.4 is 4.74 Å². The van der Waals surface area contributed by atoms with Gasteiger partial charge in [-0.3, -0.25) is 14.4 Å². The van der Waals surface area contributed by atoms with Crippen molar-refractivity contribution in [3.63, 3.8) is 0 Å². The van der Waals surface area contributed by atoms with Crippen LogP contribution in [0.4, 0.5) is 0 Å². The second-order valence-electron chi connectivity index (χ2n) is 8.45. The van der Waals surface area contributed by atoms with Crippen molar-refractivity contribution in [1.82, 2.24) is 19.6 Å². The predicted octanol–water partition coefficient (Wildman–Crippen LogP) is 1.60. The van der Waals surface area contributed by atoms with E-state index < -0.39 is 0 Å². The molecule has 2 aromatic rings. The molecule has 1 aromatic carbocycles. The maximum absolute atomic E-state index is 11.8. The third-order valence-corrected chi connectivity index (χ3v) is 6.61. The number of amides is 1. The van der Waals surface area contributed by atoms with Gasteiger partial charge in [-0.1, -0.05) is 6.07 Å². The number of likely N-dealkylation sites (tertiary alicyclic amines) is 2. The number of piperidine rings is 1. The summed E-state index contributed by atoms with van der Waals surface area (Å²) >= 11 is 0. The number of ether oxygens (including phenoxy) is 1. The molecule has 2 fully saturated rings. The highest BCUT2D eigenvalue weighted by Gasteiger charge is 2.49. The molecule has 4 rings (SSSR count). The molecule has 2 aliphatic heterocycles. The van der Waals surface area contributed by atoms with E-state index in [-0.39, 0.29) is 17.9 Å². The van der Waals surface area contributed by atoms with E-state index in [1.54, 1.807) is 20.2 Å². The smallest absolute Gasteiger partial charge is 0.219 e. The van der Waals surface area contributed by atoms with E-state index in [1.807, 2.05) is 27.9 Å². The molecule has 2 atom stereocenters. The molecule has 2 saturated heterocycles. The average molecular weight is 399 g/mol. The van der Waals surface area contributed by atoms with Crippen LogP contribution in [0.15, 0.2) is 36.7 Å². The van der Waals surface area contributed by atoms with Crippen molar-refractivity contribution in [2.75, 3.05) is 39.9 Å². The highest BCUT2D eigenvalue weighted by molar-refractivity contribution is 5.73. The van der Waals surface area contributed by atoms with Crippen molar-refractivity contribution in [2.24, 2.45) is 11.3 Å². The lowest BCUT2D eigenvalue weighted by molar-refractivity contribution is -0.133. The van der Waals surface area contributed by atoms with Crippen LogP contribution in [-0.4, -0.2) is 70.5 Å². The molecule has 156 valence electrons. The van der Waals surface area contributed by atoms with Crippen LogP contribution in [0, 0.1) is 11.3 Å². The first-order chi connectivity index (χ1) is 14.0. The Kier molecular flexibility index (Phi) is 5.61. The fourth-order valence-corrected chi connectivity index (χ4v) is 4.94. The van der Waals surface area contributed by atoms with Gasteiger partial charge in [-0.2, -0.15) is 5.10 Å². The maximum atomic E-state index is 11.8. The van der Waals surface area contributed by atoms with E-state index in [0.29, 0.717) is 12.5 Å². The van der Waals surface area contributed by atoms with E-state index in [2.05, 4.69) is 22.1 Å². The third-order valence-electron chi connectivity index (χ3n) is 6.61. The van der Waals surface area contributed by atoms with Gasteiger partial charge >= 0.3 is 0 Å². The second-order valence-corrected chi connectivity index (χ2v) is 8.45. The van der Waals surface area contributed by atoms with E-state index in [4.69, 9.17) is 4.74 Å². The standard InChI is InChI=1S/C22H30N4O3/c1-17(28)25-9-6-22(16-27)15-24(13-20(22)14-25)11-18-4-5-21(29-2)19(10-18)12-26-8-3-7-23-26/h3-5,7-8,10,20,27H,6,9,11-16H2,1-2H3/t20-,22-/m0/s1. The number of aromatic nitrogens is 2. The minimum Gasteiger partial charge on any atom is -0.496 e. The third kappa shape index (κ3) is 4.02. The number of nitrogens with zero attached hydrogens (tertiary/aromatic N) is 4. The molecule has 0 radical (unpaired) electrons. The molecule has 1 amide bonds. The fraction of sp³-hybridized carbons (Fsp3) is 0.545. The Morgan fingerprint density at radius 2 is 2.21 bits per heavy atom. The summed E-state index contributed by atoms with van der Waals surface area (Å²) in [5, 5.41) is 14.5. The van der Waals surface area contributed by atoms with Crippen LogP contribution in [0.2, 0.25) is 0 Å². The molecule has 29 heavy (non-hydrogen) atoms. The molecular formula is C22H30N4O3. The molecule has 0 unspecified atom stereocenters. The van der Waals surface area contributed by atoms with Crippen LogP contribution in [0.1, 0.15) is 24.5 Å². The summed E-state index contributed by atoms with van der Waals surface area (Å²) in [5.41, 5.74) is 2.24. The monoisotopic (exact) mass is 398 g/mol. The topological polar surface area (TPSA) is 70.8 Å². The molecule has 1 N–H and O–H groups in total. The minimum atomic E-state index is -0.0870. The Balaban J connectivity index is 1.49. The van der Waals surface area contributed by atoms with Gasteiger partial charge in [0.05, 0.1) is 20.3 Å². The maximum Gasteiger partial charge on any atom is 0.219 e. The number of carbonyl (C=O) groups is 1. The fourth-order valence-electron chi connectivity index (χ4n) is 4.94. The van der Waals surface area contributed by atoms with Gasteiger partial charge in [0.15, 0.2) is 0 Å². The van der Waals surface area contributed by atoms with Crippen LogP contribution in [0.5, 0.6) is 5.75 Å². The Labute approximate surface area is 171 Å². The summed E-state index contributed by atoms with van der Waals surface area (Å²) in [4.78, 5) is 16.2. The predicted molar refractivity (Wildman–Crippen MR) is 109 cm³/mol. The average Bonchev–Trinajstić information content (AvgIpc) is 3.35. The van der Waals surface area contributed by atoms with Gasteiger partial charge in [0, 0.05) is 63.0 Å². The molecule has 0 saturated carbocycles. The summed E-state index contributed by atoms with van der Waals surface area (Å²) in [6, 6.07) is 8.24. The first kappa shape index (κ1) is 19.9. The normalized spacial score (nSPS) is 24.5. The Hall–Kier alpha value is -2.38. The number of carbonyl (C=O) groups excluding carboxylic acids is 1. The number of hydrogen-bond donors (Lipinski definition) is 1. The van der Waals surface area contributed by atoms with E-state index in [0.717, 1.165) is 50.5 Å². The summed E-state index contributed by atoms with van der Waals surface area (Å²) in [7, 11) is 1.69. The zero-order chi connectivity index (χ0) is 20.4. The Morgan fingerprint density at radius 3 is 2.90 bits per heavy atom. The highest BCUT2D eigenvalue weighted by Crippen LogP contribution is 2.43. The van der Waals surface area contributed by atoms with E-state index in [9.17, 15) is 9.90 Å². The van der Waals surface area contributed by atoms with Crippen LogP contribution >= 0.6 is 0 Å². The molecule has 1 aromatic heterocycles. The van der Waals surface area contributed by atoms with Crippen molar-refractivity contribution < 1.29 is 14.6 Å². The number of rotatable bonds is 6. The first-order valence-electron chi connectivity index (χ1n) is 10.2. The van der Waals surface area contributed by atoms with Gasteiger partial charge in [0.2, 0.25) is 5.91 Å². The number of aliphatic hydroxyl groups is 1. The summed E-state index contributed by atoms with van der Waals surface area (Å²) in [6.45, 7) is 6.60. The number of methoxy groups -OCH3 is 1. The lowest BCUT2D eigenvalue weighted by Gasteiger charge is -2.42. The highest BCUT2D eigenvalue weighted by atomic mass is 16.5. The van der Waals surface area contributed by atoms with Crippen LogP contribution in [-0.2, 0) is 17.9 Å². The largest absolute Gasteiger partial charge is 0.496 e. The van der Waals surface area contributed by atoms with Crippen molar-refractivity contribution >= 4 is 5.91 Å². The molecule has 0 spiro atoms. The zero-order valence-corrected chi connectivity index (χ0v) is 17.3. The van der Waals surface area contributed by atoms with Gasteiger partial charge in [0.1, 0.15) is 5.75 Å². The van der Waals surface area contributed by atoms with Gasteiger partial charge < -0.3 is 14.7 Å². The molecule has 2 aliphatic rings. The van der Waals surface area contributed by atoms with E-state index in [1.165, 1.54) is 5.56 Å². The van der Waals surface area contributed by atoms with Crippen molar-refractivity contribution in [3.8, 4) is 5.75 Å². The molecular weight excluding hydrogens is 368 g/mol. The SMILES string of the molecule is COc1ccc(CN2C[C@H]3CN(C(C)=O)CC[C@@]3(CO)C2)cc1Cn1cccn1. The number of hydrogen-bond acceptors (Lipinski definition) is 5. The Morgan fingerprint density at radius 1 is 1.34 bits per heavy atom. The summed E-state index contributed by atoms with van der Waals surface area (Å²) < 4.78 is 7.43. The minimum absolute atomic E-state index is 0.0870. The van der Waals surface area contributed by atoms with Crippen molar-refractivity contribution in [2.45, 2.75) is 26.4 Å². The molecule has 7 nitrogen and oxygen atoms in total. The number of benzene rings is 1. The van der Waals surface area contributed by atoms with E-state index >= 15 is 0 Å². The molecule has 0 bridgehead atoms. The number of fused-ring (bicyclic) bond motifs is 1. The first-order valence-corrected chi connectivity index (χ1v) is 10.2. The molecule has 0 aliphatic carbocycles. The quantitative estimate of drug-likeness (QED) is 0.800. The van der Waals surface area contributed by atoms with Crippen LogP contribution in [0.3, 0.4) is 0 Å².